The molecule has 6 heteroatoms. The van der Waals surface area contributed by atoms with E-state index in [1.165, 1.54) is 12.1 Å². The summed E-state index contributed by atoms with van der Waals surface area (Å²) < 4.78 is 1.01. The molecule has 0 bridgehead atoms. The summed E-state index contributed by atoms with van der Waals surface area (Å²) in [4.78, 5) is 13.7. The van der Waals surface area contributed by atoms with E-state index < -0.39 is 4.92 Å². The van der Waals surface area contributed by atoms with Gasteiger partial charge >= 0.3 is 0 Å². The first-order valence-corrected chi connectivity index (χ1v) is 7.60. The van der Waals surface area contributed by atoms with Crippen molar-refractivity contribution < 1.29 is 4.92 Å². The molecule has 2 aromatic carbocycles. The molecule has 0 aliphatic carbocycles. The number of aromatic amines is 1. The van der Waals surface area contributed by atoms with Gasteiger partial charge in [0.25, 0.3) is 5.69 Å². The Morgan fingerprint density at radius 3 is 2.73 bits per heavy atom. The van der Waals surface area contributed by atoms with Gasteiger partial charge in [0.2, 0.25) is 0 Å². The van der Waals surface area contributed by atoms with Crippen LogP contribution in [-0.4, -0.2) is 9.91 Å². The van der Waals surface area contributed by atoms with E-state index in [-0.39, 0.29) is 10.7 Å². The maximum atomic E-state index is 10.9. The predicted molar refractivity (Wildman–Crippen MR) is 93.0 cm³/mol. The summed E-state index contributed by atoms with van der Waals surface area (Å²) in [6.07, 6.45) is 3.68. The van der Waals surface area contributed by atoms with Crippen LogP contribution in [0.3, 0.4) is 0 Å². The number of hydrogen-bond donors (Lipinski definition) is 1. The average Bonchev–Trinajstić information content (AvgIpc) is 2.88. The highest BCUT2D eigenvalue weighted by atomic mass is 79.9. The zero-order valence-corrected chi connectivity index (χ0v) is 13.6. The Labute approximate surface area is 139 Å². The number of nitro benzene ring substituents is 1. The zero-order chi connectivity index (χ0) is 15.7. The van der Waals surface area contributed by atoms with E-state index in [2.05, 4.69) is 20.9 Å². The number of nitrogens with one attached hydrogen (secondary N) is 1. The van der Waals surface area contributed by atoms with Crippen LogP contribution >= 0.6 is 27.5 Å². The van der Waals surface area contributed by atoms with Gasteiger partial charge in [-0.15, -0.1) is 0 Å². The summed E-state index contributed by atoms with van der Waals surface area (Å²) in [6, 6.07) is 12.7. The number of rotatable bonds is 3. The Balaban J connectivity index is 1.92. The molecule has 4 nitrogen and oxygen atoms in total. The molecule has 0 aliphatic rings. The quantitative estimate of drug-likeness (QED) is 0.473. The van der Waals surface area contributed by atoms with Crippen molar-refractivity contribution in [2.45, 2.75) is 0 Å². The average molecular weight is 378 g/mol. The molecule has 0 atom stereocenters. The van der Waals surface area contributed by atoms with Crippen LogP contribution in [0.2, 0.25) is 5.02 Å². The standard InChI is InChI=1S/C16H10BrClN2O2/c17-12-4-3-11-8-13(19-15(11)9-12)5-1-10-2-6-14(18)16(7-10)20(21)22/h1-9,19H/b5-1+. The van der Waals surface area contributed by atoms with Gasteiger partial charge in [-0.05, 0) is 35.9 Å². The first-order chi connectivity index (χ1) is 10.5. The number of benzene rings is 2. The number of hydrogen-bond acceptors (Lipinski definition) is 2. The second-order valence-corrected chi connectivity index (χ2v) is 6.08. The second-order valence-electron chi connectivity index (χ2n) is 4.76. The maximum Gasteiger partial charge on any atom is 0.288 e. The molecule has 0 fully saturated rings. The Morgan fingerprint density at radius 2 is 1.95 bits per heavy atom. The molecule has 1 aromatic heterocycles. The minimum Gasteiger partial charge on any atom is -0.355 e. The molecule has 110 valence electrons. The van der Waals surface area contributed by atoms with Crippen LogP contribution in [0.1, 0.15) is 11.3 Å². The van der Waals surface area contributed by atoms with Crippen LogP contribution in [0.25, 0.3) is 23.1 Å². The summed E-state index contributed by atoms with van der Waals surface area (Å²) >= 11 is 9.23. The Morgan fingerprint density at radius 1 is 1.14 bits per heavy atom. The van der Waals surface area contributed by atoms with E-state index in [0.717, 1.165) is 26.6 Å². The van der Waals surface area contributed by atoms with Crippen molar-refractivity contribution >= 4 is 56.3 Å². The van der Waals surface area contributed by atoms with E-state index in [1.807, 2.05) is 36.4 Å². The summed E-state index contributed by atoms with van der Waals surface area (Å²) in [5, 5.41) is 12.1. The first kappa shape index (κ1) is 14.8. The fourth-order valence-electron chi connectivity index (χ4n) is 2.17. The molecular formula is C16H10BrClN2O2. The van der Waals surface area contributed by atoms with Crippen molar-refractivity contribution in [1.82, 2.24) is 4.98 Å². The fourth-order valence-corrected chi connectivity index (χ4v) is 2.72. The van der Waals surface area contributed by atoms with Gasteiger partial charge in [-0.1, -0.05) is 45.7 Å². The number of nitrogens with zero attached hydrogens (tertiary/aromatic N) is 1. The lowest BCUT2D eigenvalue weighted by Crippen LogP contribution is -1.89. The van der Waals surface area contributed by atoms with E-state index in [4.69, 9.17) is 11.6 Å². The summed E-state index contributed by atoms with van der Waals surface area (Å²) in [5.41, 5.74) is 2.57. The lowest BCUT2D eigenvalue weighted by atomic mass is 10.1. The number of H-pyrrole nitrogens is 1. The van der Waals surface area contributed by atoms with Crippen LogP contribution in [0.4, 0.5) is 5.69 Å². The summed E-state index contributed by atoms with van der Waals surface area (Å²) in [6.45, 7) is 0. The highest BCUT2D eigenvalue weighted by Gasteiger charge is 2.11. The topological polar surface area (TPSA) is 58.9 Å². The highest BCUT2D eigenvalue weighted by Crippen LogP contribution is 2.26. The maximum absolute atomic E-state index is 10.9. The Kier molecular flexibility index (Phi) is 4.00. The smallest absolute Gasteiger partial charge is 0.288 e. The van der Waals surface area contributed by atoms with E-state index >= 15 is 0 Å². The van der Waals surface area contributed by atoms with Crippen LogP contribution in [0, 0.1) is 10.1 Å². The second kappa shape index (κ2) is 5.94. The van der Waals surface area contributed by atoms with E-state index in [0.29, 0.717) is 0 Å². The number of fused-ring (bicyclic) bond motifs is 1. The van der Waals surface area contributed by atoms with Crippen LogP contribution in [-0.2, 0) is 0 Å². The van der Waals surface area contributed by atoms with Gasteiger partial charge in [-0.25, -0.2) is 0 Å². The third kappa shape index (κ3) is 3.05. The normalized spacial score (nSPS) is 11.4. The highest BCUT2D eigenvalue weighted by molar-refractivity contribution is 9.10. The predicted octanol–water partition coefficient (Wildman–Crippen LogP) is 5.66. The van der Waals surface area contributed by atoms with Gasteiger partial charge in [0.1, 0.15) is 5.02 Å². The molecule has 0 saturated carbocycles. The van der Waals surface area contributed by atoms with Crippen molar-refractivity contribution in [2.24, 2.45) is 0 Å². The van der Waals surface area contributed by atoms with E-state index in [9.17, 15) is 10.1 Å². The molecule has 0 unspecified atom stereocenters. The molecule has 3 aromatic rings. The molecule has 1 N–H and O–H groups in total. The van der Waals surface area contributed by atoms with Crippen LogP contribution in [0.5, 0.6) is 0 Å². The molecule has 0 spiro atoms. The van der Waals surface area contributed by atoms with Gasteiger partial charge in [0.05, 0.1) is 4.92 Å². The third-order valence-electron chi connectivity index (χ3n) is 3.23. The molecule has 0 radical (unpaired) electrons. The lowest BCUT2D eigenvalue weighted by molar-refractivity contribution is -0.384. The first-order valence-electron chi connectivity index (χ1n) is 6.43. The molecular weight excluding hydrogens is 368 g/mol. The Bertz CT molecular complexity index is 902. The van der Waals surface area contributed by atoms with Crippen molar-refractivity contribution in [3.8, 4) is 0 Å². The van der Waals surface area contributed by atoms with Crippen molar-refractivity contribution in [1.29, 1.82) is 0 Å². The minimum atomic E-state index is -0.486. The number of aromatic nitrogens is 1. The molecule has 22 heavy (non-hydrogen) atoms. The number of halogens is 2. The summed E-state index contributed by atoms with van der Waals surface area (Å²) in [5.74, 6) is 0. The Hall–Kier alpha value is -2.11. The van der Waals surface area contributed by atoms with Crippen LogP contribution < -0.4 is 0 Å². The SMILES string of the molecule is O=[N+]([O-])c1cc(/C=C/c2cc3ccc(Br)cc3[nH]2)ccc1Cl. The lowest BCUT2D eigenvalue weighted by Gasteiger charge is -1.97. The number of nitro groups is 1. The van der Waals surface area contributed by atoms with Gasteiger partial charge < -0.3 is 4.98 Å². The van der Waals surface area contributed by atoms with Crippen LogP contribution in [0.15, 0.2) is 46.9 Å². The molecule has 0 amide bonds. The molecule has 1 heterocycles. The van der Waals surface area contributed by atoms with Gasteiger partial charge in [0.15, 0.2) is 0 Å². The monoisotopic (exact) mass is 376 g/mol. The zero-order valence-electron chi connectivity index (χ0n) is 11.2. The molecule has 0 saturated heterocycles. The van der Waals surface area contributed by atoms with Gasteiger partial charge in [-0.3, -0.25) is 10.1 Å². The minimum absolute atomic E-state index is 0.0932. The summed E-state index contributed by atoms with van der Waals surface area (Å²) in [7, 11) is 0. The van der Waals surface area contributed by atoms with Crippen molar-refractivity contribution in [3.05, 3.63) is 73.3 Å². The molecule has 0 aliphatic heterocycles. The molecule has 3 rings (SSSR count). The van der Waals surface area contributed by atoms with Crippen molar-refractivity contribution in [2.75, 3.05) is 0 Å². The third-order valence-corrected chi connectivity index (χ3v) is 4.04. The van der Waals surface area contributed by atoms with Crippen molar-refractivity contribution in [3.63, 3.8) is 0 Å². The van der Waals surface area contributed by atoms with Gasteiger partial charge in [-0.2, -0.15) is 0 Å². The largest absolute Gasteiger partial charge is 0.355 e. The fraction of sp³-hybridized carbons (Fsp3) is 0. The van der Waals surface area contributed by atoms with Gasteiger partial charge in [0, 0.05) is 27.1 Å². The van der Waals surface area contributed by atoms with E-state index in [1.54, 1.807) is 6.07 Å².